The summed E-state index contributed by atoms with van der Waals surface area (Å²) in [6, 6.07) is 14.1. The van der Waals surface area contributed by atoms with Gasteiger partial charge in [0.15, 0.2) is 6.10 Å². The van der Waals surface area contributed by atoms with Crippen molar-refractivity contribution in [2.75, 3.05) is 0 Å². The number of nitrogens with zero attached hydrogens (tertiary/aromatic N) is 2. The predicted molar refractivity (Wildman–Crippen MR) is 81.2 cm³/mol. The highest BCUT2D eigenvalue weighted by molar-refractivity contribution is 5.83. The molecule has 0 aliphatic carbocycles. The third-order valence-electron chi connectivity index (χ3n) is 3.28. The van der Waals surface area contributed by atoms with Gasteiger partial charge in [0.05, 0.1) is 11.4 Å². The first-order valence-corrected chi connectivity index (χ1v) is 6.70. The molecule has 3 nitrogen and oxygen atoms in total. The Morgan fingerprint density at radius 1 is 1.10 bits per heavy atom. The quantitative estimate of drug-likeness (QED) is 0.836. The van der Waals surface area contributed by atoms with Gasteiger partial charge in [0.25, 0.3) is 0 Å². The van der Waals surface area contributed by atoms with Crippen molar-refractivity contribution >= 4 is 17.9 Å². The van der Waals surface area contributed by atoms with E-state index >= 15 is 0 Å². The highest BCUT2D eigenvalue weighted by Gasteiger charge is 2.21. The second-order valence-electron chi connectivity index (χ2n) is 4.84. The topological polar surface area (TPSA) is 34.5 Å². The Kier molecular flexibility index (Phi) is 3.59. The normalized spacial score (nSPS) is 18.1. The number of rotatable bonds is 3. The monoisotopic (exact) mass is 264 g/mol. The molecular formula is C17H16N2O. The molecule has 20 heavy (non-hydrogen) atoms. The molecule has 0 radical (unpaired) electrons. The van der Waals surface area contributed by atoms with Crippen molar-refractivity contribution in [1.29, 1.82) is 0 Å². The molecule has 2 heterocycles. The molecule has 1 aliphatic rings. The number of hydrogen-bond donors (Lipinski definition) is 0. The molecule has 0 N–H and O–H groups in total. The van der Waals surface area contributed by atoms with Crippen LogP contribution in [0.1, 0.15) is 36.3 Å². The molecule has 0 saturated heterocycles. The summed E-state index contributed by atoms with van der Waals surface area (Å²) in [4.78, 5) is 9.77. The molecule has 0 bridgehead atoms. The first-order chi connectivity index (χ1) is 9.83. The van der Waals surface area contributed by atoms with Crippen LogP contribution in [-0.2, 0) is 4.84 Å². The average Bonchev–Trinajstić information content (AvgIpc) is 2.93. The minimum Gasteiger partial charge on any atom is -0.387 e. The summed E-state index contributed by atoms with van der Waals surface area (Å²) >= 11 is 0. The van der Waals surface area contributed by atoms with Crippen molar-refractivity contribution in [3.63, 3.8) is 0 Å². The number of hydrogen-bond acceptors (Lipinski definition) is 3. The van der Waals surface area contributed by atoms with E-state index in [1.807, 2.05) is 43.3 Å². The molecule has 1 aromatic carbocycles. The highest BCUT2D eigenvalue weighted by atomic mass is 16.6. The van der Waals surface area contributed by atoms with Gasteiger partial charge in [-0.05, 0) is 30.7 Å². The fourth-order valence-corrected chi connectivity index (χ4v) is 2.27. The third-order valence-corrected chi connectivity index (χ3v) is 3.28. The highest BCUT2D eigenvalue weighted by Crippen LogP contribution is 2.30. The van der Waals surface area contributed by atoms with Gasteiger partial charge in [0, 0.05) is 18.2 Å². The van der Waals surface area contributed by atoms with Gasteiger partial charge in [-0.15, -0.1) is 0 Å². The number of pyridine rings is 1. The van der Waals surface area contributed by atoms with E-state index in [1.54, 1.807) is 6.20 Å². The summed E-state index contributed by atoms with van der Waals surface area (Å²) in [6.07, 6.45) is 6.77. The predicted octanol–water partition coefficient (Wildman–Crippen LogP) is 4.09. The molecule has 1 aliphatic heterocycles. The van der Waals surface area contributed by atoms with Crippen LogP contribution in [0.15, 0.2) is 53.8 Å². The minimum atomic E-state index is 0.0274. The molecule has 0 unspecified atom stereocenters. The molecule has 0 saturated carbocycles. The Hall–Kier alpha value is -2.42. The summed E-state index contributed by atoms with van der Waals surface area (Å²) in [6.45, 7) is 1.99. The zero-order chi connectivity index (χ0) is 13.8. The van der Waals surface area contributed by atoms with Crippen LogP contribution in [0.25, 0.3) is 12.2 Å². The smallest absolute Gasteiger partial charge is 0.158 e. The van der Waals surface area contributed by atoms with Crippen LogP contribution in [-0.4, -0.2) is 10.7 Å². The van der Waals surface area contributed by atoms with Gasteiger partial charge in [0.1, 0.15) is 0 Å². The van der Waals surface area contributed by atoms with Crippen molar-refractivity contribution in [1.82, 2.24) is 4.98 Å². The molecular weight excluding hydrogens is 248 g/mol. The van der Waals surface area contributed by atoms with Crippen LogP contribution < -0.4 is 0 Å². The van der Waals surface area contributed by atoms with Crippen molar-refractivity contribution < 1.29 is 4.84 Å². The van der Waals surface area contributed by atoms with Gasteiger partial charge in [-0.1, -0.05) is 41.6 Å². The lowest BCUT2D eigenvalue weighted by Gasteiger charge is -2.11. The molecule has 0 amide bonds. The van der Waals surface area contributed by atoms with Gasteiger partial charge in [-0.25, -0.2) is 0 Å². The van der Waals surface area contributed by atoms with E-state index in [4.69, 9.17) is 4.84 Å². The number of benzene rings is 1. The third kappa shape index (κ3) is 2.77. The first-order valence-electron chi connectivity index (χ1n) is 6.70. The van der Waals surface area contributed by atoms with Crippen LogP contribution in [0.4, 0.5) is 0 Å². The SMILES string of the molecule is CC1=NO[C@@H](c2ccccc2C=Cc2ccccn2)C1. The lowest BCUT2D eigenvalue weighted by molar-refractivity contribution is 0.0856. The maximum absolute atomic E-state index is 5.48. The van der Waals surface area contributed by atoms with Crippen LogP contribution >= 0.6 is 0 Å². The van der Waals surface area contributed by atoms with Crippen LogP contribution in [0.5, 0.6) is 0 Å². The Labute approximate surface area is 118 Å². The summed E-state index contributed by atoms with van der Waals surface area (Å²) < 4.78 is 0. The molecule has 0 fully saturated rings. The second-order valence-corrected chi connectivity index (χ2v) is 4.84. The molecule has 1 atom stereocenters. The Balaban J connectivity index is 1.85. The van der Waals surface area contributed by atoms with E-state index in [9.17, 15) is 0 Å². The van der Waals surface area contributed by atoms with E-state index < -0.39 is 0 Å². The van der Waals surface area contributed by atoms with Gasteiger partial charge in [-0.2, -0.15) is 0 Å². The zero-order valence-electron chi connectivity index (χ0n) is 11.4. The standard InChI is InChI=1S/C17H16N2O/c1-13-12-17(20-19-13)16-8-3-2-6-14(16)9-10-15-7-4-5-11-18-15/h2-11,17H,12H2,1H3/t17-/m1/s1. The maximum atomic E-state index is 5.48. The summed E-state index contributed by atoms with van der Waals surface area (Å²) in [5, 5.41) is 4.03. The lowest BCUT2D eigenvalue weighted by Crippen LogP contribution is -2.00. The lowest BCUT2D eigenvalue weighted by atomic mass is 9.99. The summed E-state index contributed by atoms with van der Waals surface area (Å²) in [7, 11) is 0. The number of aromatic nitrogens is 1. The fourth-order valence-electron chi connectivity index (χ4n) is 2.27. The second kappa shape index (κ2) is 5.70. The Morgan fingerprint density at radius 3 is 2.70 bits per heavy atom. The Bertz CT molecular complexity index is 647. The van der Waals surface area contributed by atoms with E-state index in [0.29, 0.717) is 0 Å². The van der Waals surface area contributed by atoms with Gasteiger partial charge in [0.2, 0.25) is 0 Å². The molecule has 1 aromatic heterocycles. The van der Waals surface area contributed by atoms with E-state index in [-0.39, 0.29) is 6.10 Å². The van der Waals surface area contributed by atoms with E-state index in [1.165, 1.54) is 5.56 Å². The van der Waals surface area contributed by atoms with E-state index in [2.05, 4.69) is 28.3 Å². The summed E-state index contributed by atoms with van der Waals surface area (Å²) in [5.74, 6) is 0. The van der Waals surface area contributed by atoms with Gasteiger partial charge in [-0.3, -0.25) is 4.98 Å². The van der Waals surface area contributed by atoms with E-state index in [0.717, 1.165) is 23.4 Å². The van der Waals surface area contributed by atoms with Crippen LogP contribution in [0, 0.1) is 0 Å². The first kappa shape index (κ1) is 12.6. The minimum absolute atomic E-state index is 0.0274. The molecule has 100 valence electrons. The van der Waals surface area contributed by atoms with Gasteiger partial charge < -0.3 is 4.84 Å². The molecule has 2 aromatic rings. The van der Waals surface area contributed by atoms with Crippen molar-refractivity contribution in [3.05, 3.63) is 65.5 Å². The maximum Gasteiger partial charge on any atom is 0.158 e. The van der Waals surface area contributed by atoms with Crippen molar-refractivity contribution in [2.45, 2.75) is 19.4 Å². The average molecular weight is 264 g/mol. The van der Waals surface area contributed by atoms with Crippen molar-refractivity contribution in [3.8, 4) is 0 Å². The van der Waals surface area contributed by atoms with Crippen molar-refractivity contribution in [2.24, 2.45) is 5.16 Å². The summed E-state index contributed by atoms with van der Waals surface area (Å²) in [5.41, 5.74) is 4.30. The van der Waals surface area contributed by atoms with Crippen LogP contribution in [0.2, 0.25) is 0 Å². The van der Waals surface area contributed by atoms with Gasteiger partial charge >= 0.3 is 0 Å². The van der Waals surface area contributed by atoms with Crippen LogP contribution in [0.3, 0.4) is 0 Å². The Morgan fingerprint density at radius 2 is 1.95 bits per heavy atom. The zero-order valence-corrected chi connectivity index (χ0v) is 11.4. The largest absolute Gasteiger partial charge is 0.387 e. The fraction of sp³-hybridized carbons (Fsp3) is 0.176. The molecule has 3 heteroatoms. The molecule has 0 spiro atoms. The number of oxime groups is 1. The molecule has 3 rings (SSSR count).